The van der Waals surface area contributed by atoms with Crippen LogP contribution in [0.3, 0.4) is 0 Å². The van der Waals surface area contributed by atoms with E-state index in [1.54, 1.807) is 0 Å². The van der Waals surface area contributed by atoms with Gasteiger partial charge in [-0.3, -0.25) is 0 Å². The minimum atomic E-state index is 0.493. The highest BCUT2D eigenvalue weighted by Crippen LogP contribution is 2.46. The number of hydrogen-bond donors (Lipinski definition) is 0. The molecule has 0 aromatic rings. The van der Waals surface area contributed by atoms with Crippen molar-refractivity contribution in [1.29, 1.82) is 0 Å². The van der Waals surface area contributed by atoms with Gasteiger partial charge in [0, 0.05) is 5.38 Å². The predicted molar refractivity (Wildman–Crippen MR) is 85.9 cm³/mol. The third-order valence-electron chi connectivity index (χ3n) is 5.79. The minimum absolute atomic E-state index is 0.493. The molecule has 1 heteroatoms. The number of halogens is 1. The van der Waals surface area contributed by atoms with Crippen molar-refractivity contribution >= 4 is 11.6 Å². The fraction of sp³-hybridized carbons (Fsp3) is 1.00. The van der Waals surface area contributed by atoms with Crippen molar-refractivity contribution in [1.82, 2.24) is 0 Å². The van der Waals surface area contributed by atoms with Gasteiger partial charge in [0.1, 0.15) is 0 Å². The Labute approximate surface area is 125 Å². The highest BCUT2D eigenvalue weighted by molar-refractivity contribution is 6.20. The van der Waals surface area contributed by atoms with Crippen molar-refractivity contribution in [2.45, 2.75) is 102 Å². The lowest BCUT2D eigenvalue weighted by Crippen LogP contribution is -2.25. The second-order valence-corrected chi connectivity index (χ2v) is 7.95. The molecule has 0 aromatic carbocycles. The number of hydrogen-bond acceptors (Lipinski definition) is 0. The SMILES string of the molecule is CCCCCC1(CC[C@H]2CCC(Cl)C2)CCCCC1. The Morgan fingerprint density at radius 2 is 1.79 bits per heavy atom. The molecule has 19 heavy (non-hydrogen) atoms. The van der Waals surface area contributed by atoms with Crippen LogP contribution >= 0.6 is 11.6 Å². The van der Waals surface area contributed by atoms with Crippen molar-refractivity contribution in [2.75, 3.05) is 0 Å². The maximum absolute atomic E-state index is 6.27. The van der Waals surface area contributed by atoms with Gasteiger partial charge < -0.3 is 0 Å². The van der Waals surface area contributed by atoms with Gasteiger partial charge in [0.15, 0.2) is 0 Å². The lowest BCUT2D eigenvalue weighted by Gasteiger charge is -2.38. The molecule has 0 nitrogen and oxygen atoms in total. The summed E-state index contributed by atoms with van der Waals surface area (Å²) in [6.45, 7) is 2.33. The molecule has 2 fully saturated rings. The molecule has 0 saturated heterocycles. The Kier molecular flexibility index (Phi) is 6.53. The molecule has 0 aromatic heterocycles. The molecule has 1 unspecified atom stereocenters. The summed E-state index contributed by atoms with van der Waals surface area (Å²) in [7, 11) is 0. The third-order valence-corrected chi connectivity index (χ3v) is 6.18. The molecule has 0 radical (unpaired) electrons. The van der Waals surface area contributed by atoms with Crippen molar-refractivity contribution in [3.05, 3.63) is 0 Å². The molecular weight excluding hydrogens is 252 g/mol. The van der Waals surface area contributed by atoms with E-state index >= 15 is 0 Å². The van der Waals surface area contributed by atoms with E-state index < -0.39 is 0 Å². The summed E-state index contributed by atoms with van der Waals surface area (Å²) in [5.74, 6) is 0.951. The summed E-state index contributed by atoms with van der Waals surface area (Å²) >= 11 is 6.27. The highest BCUT2D eigenvalue weighted by Gasteiger charge is 2.33. The van der Waals surface area contributed by atoms with E-state index in [2.05, 4.69) is 6.92 Å². The van der Waals surface area contributed by atoms with Crippen LogP contribution in [0.4, 0.5) is 0 Å². The lowest BCUT2D eigenvalue weighted by atomic mass is 9.67. The first-order valence-electron chi connectivity index (χ1n) is 8.88. The van der Waals surface area contributed by atoms with Gasteiger partial charge in [0.25, 0.3) is 0 Å². The predicted octanol–water partition coefficient (Wildman–Crippen LogP) is 6.70. The molecule has 0 N–H and O–H groups in total. The van der Waals surface area contributed by atoms with Gasteiger partial charge in [-0.2, -0.15) is 0 Å². The molecule has 0 spiro atoms. The second-order valence-electron chi connectivity index (χ2n) is 7.33. The van der Waals surface area contributed by atoms with E-state index in [1.807, 2.05) is 0 Å². The number of rotatable bonds is 7. The number of unbranched alkanes of at least 4 members (excludes halogenated alkanes) is 2. The van der Waals surface area contributed by atoms with Crippen molar-refractivity contribution in [3.63, 3.8) is 0 Å². The average Bonchev–Trinajstić information content (AvgIpc) is 2.84. The summed E-state index contributed by atoms with van der Waals surface area (Å²) < 4.78 is 0. The van der Waals surface area contributed by atoms with Crippen LogP contribution < -0.4 is 0 Å². The van der Waals surface area contributed by atoms with Crippen LogP contribution in [0, 0.1) is 11.3 Å². The van der Waals surface area contributed by atoms with Crippen LogP contribution in [0.1, 0.15) is 96.8 Å². The van der Waals surface area contributed by atoms with Crippen molar-refractivity contribution in [2.24, 2.45) is 11.3 Å². The molecular formula is C18H33Cl. The van der Waals surface area contributed by atoms with E-state index in [9.17, 15) is 0 Å². The summed E-state index contributed by atoms with van der Waals surface area (Å²) in [6.07, 6.45) is 20.3. The molecule has 0 aliphatic heterocycles. The van der Waals surface area contributed by atoms with Gasteiger partial charge >= 0.3 is 0 Å². The molecule has 112 valence electrons. The zero-order valence-electron chi connectivity index (χ0n) is 12.9. The topological polar surface area (TPSA) is 0 Å². The van der Waals surface area contributed by atoms with Gasteiger partial charge in [-0.05, 0) is 62.7 Å². The zero-order chi connectivity index (χ0) is 13.6. The van der Waals surface area contributed by atoms with Crippen LogP contribution in [0.25, 0.3) is 0 Å². The molecule has 2 aliphatic rings. The van der Waals surface area contributed by atoms with Crippen LogP contribution in [0.5, 0.6) is 0 Å². The standard InChI is InChI=1S/C18H33Cl/c1-2-3-5-11-18(12-6-4-7-13-18)14-10-16-8-9-17(19)15-16/h16-17H,2-15H2,1H3/t16-,17?/m1/s1. The fourth-order valence-electron chi connectivity index (χ4n) is 4.46. The van der Waals surface area contributed by atoms with Crippen LogP contribution in [-0.4, -0.2) is 5.38 Å². The summed E-state index contributed by atoms with van der Waals surface area (Å²) in [5, 5.41) is 0.493. The first-order valence-corrected chi connectivity index (χ1v) is 9.32. The van der Waals surface area contributed by atoms with E-state index in [1.165, 1.54) is 89.9 Å². The third kappa shape index (κ3) is 4.96. The summed E-state index contributed by atoms with van der Waals surface area (Å²) in [6, 6.07) is 0. The highest BCUT2D eigenvalue weighted by atomic mass is 35.5. The second kappa shape index (κ2) is 7.91. The Hall–Kier alpha value is 0.290. The first-order chi connectivity index (χ1) is 9.24. The Balaban J connectivity index is 1.79. The van der Waals surface area contributed by atoms with Gasteiger partial charge in [0.05, 0.1) is 0 Å². The van der Waals surface area contributed by atoms with Crippen molar-refractivity contribution in [3.8, 4) is 0 Å². The molecule has 2 atom stereocenters. The van der Waals surface area contributed by atoms with E-state index in [-0.39, 0.29) is 0 Å². The normalized spacial score (nSPS) is 30.6. The number of alkyl halides is 1. The van der Waals surface area contributed by atoms with E-state index in [4.69, 9.17) is 11.6 Å². The van der Waals surface area contributed by atoms with Gasteiger partial charge in [-0.1, -0.05) is 45.4 Å². The monoisotopic (exact) mass is 284 g/mol. The van der Waals surface area contributed by atoms with E-state index in [0.29, 0.717) is 5.38 Å². The average molecular weight is 285 g/mol. The molecule has 2 aliphatic carbocycles. The molecule has 0 heterocycles. The maximum Gasteiger partial charge on any atom is 0.0338 e. The Bertz CT molecular complexity index is 242. The van der Waals surface area contributed by atoms with Gasteiger partial charge in [-0.15, -0.1) is 11.6 Å². The minimum Gasteiger partial charge on any atom is -0.123 e. The maximum atomic E-state index is 6.27. The molecule has 0 bridgehead atoms. The largest absolute Gasteiger partial charge is 0.123 e. The summed E-state index contributed by atoms with van der Waals surface area (Å²) in [5.41, 5.74) is 0.734. The Morgan fingerprint density at radius 3 is 2.42 bits per heavy atom. The first kappa shape index (κ1) is 15.7. The van der Waals surface area contributed by atoms with Crippen LogP contribution in [0.2, 0.25) is 0 Å². The Morgan fingerprint density at radius 1 is 1.00 bits per heavy atom. The van der Waals surface area contributed by atoms with Crippen molar-refractivity contribution < 1.29 is 0 Å². The van der Waals surface area contributed by atoms with Gasteiger partial charge in [0.2, 0.25) is 0 Å². The summed E-state index contributed by atoms with van der Waals surface area (Å²) in [4.78, 5) is 0. The van der Waals surface area contributed by atoms with E-state index in [0.717, 1.165) is 11.3 Å². The van der Waals surface area contributed by atoms with Gasteiger partial charge in [-0.25, -0.2) is 0 Å². The molecule has 2 rings (SSSR count). The quantitative estimate of drug-likeness (QED) is 0.360. The zero-order valence-corrected chi connectivity index (χ0v) is 13.7. The molecule has 2 saturated carbocycles. The lowest BCUT2D eigenvalue weighted by molar-refractivity contribution is 0.139. The van der Waals surface area contributed by atoms with Crippen LogP contribution in [0.15, 0.2) is 0 Å². The molecule has 0 amide bonds. The fourth-order valence-corrected chi connectivity index (χ4v) is 4.84. The van der Waals surface area contributed by atoms with Crippen LogP contribution in [-0.2, 0) is 0 Å². The smallest absolute Gasteiger partial charge is 0.0338 e.